The van der Waals surface area contributed by atoms with Crippen molar-refractivity contribution in [2.45, 2.75) is 21.9 Å². The van der Waals surface area contributed by atoms with Gasteiger partial charge in [-0.2, -0.15) is 0 Å². The van der Waals surface area contributed by atoms with Crippen molar-refractivity contribution in [2.24, 2.45) is 0 Å². The average Bonchev–Trinajstić information content (AvgIpc) is 3.12. The van der Waals surface area contributed by atoms with Crippen molar-refractivity contribution in [1.82, 2.24) is 0 Å². The molecule has 2 aromatic rings. The fraction of sp³-hybridized carbons (Fsp3) is 0.200. The zero-order chi connectivity index (χ0) is 14.2. The number of hydrogen-bond donors (Lipinski definition) is 0. The Bertz CT molecular complexity index is 726. The van der Waals surface area contributed by atoms with Crippen LogP contribution < -0.4 is 0 Å². The number of allylic oxidation sites excluding steroid dienone is 2. The van der Waals surface area contributed by atoms with Crippen molar-refractivity contribution in [1.29, 1.82) is 0 Å². The van der Waals surface area contributed by atoms with E-state index >= 15 is 0 Å². The predicted molar refractivity (Wildman–Crippen MR) is 84.8 cm³/mol. The van der Waals surface area contributed by atoms with Crippen molar-refractivity contribution in [3.63, 3.8) is 0 Å². The summed E-state index contributed by atoms with van der Waals surface area (Å²) in [4.78, 5) is 0. The van der Waals surface area contributed by atoms with Gasteiger partial charge in [0.25, 0.3) is 0 Å². The Morgan fingerprint density at radius 3 is 2.24 bits per heavy atom. The monoisotopic (exact) mass is 347 g/mol. The quantitative estimate of drug-likeness (QED) is 0.703. The molecule has 0 fully saturated rings. The van der Waals surface area contributed by atoms with Gasteiger partial charge in [0.1, 0.15) is 0 Å². The molecule has 3 atom stereocenters. The number of rotatable bonds is 3. The van der Waals surface area contributed by atoms with Gasteiger partial charge in [-0.15, -0.1) is 0 Å². The summed E-state index contributed by atoms with van der Waals surface area (Å²) in [6.45, 7) is 0. The van der Waals surface area contributed by atoms with Crippen molar-refractivity contribution >= 4 is 12.2 Å². The van der Waals surface area contributed by atoms with Crippen LogP contribution in [0.15, 0.2) is 60.7 Å². The number of hydrogen-bond acceptors (Lipinski definition) is 0. The molecule has 3 unspecified atom stereocenters. The molecule has 0 heterocycles. The van der Waals surface area contributed by atoms with Gasteiger partial charge in [0.15, 0.2) is 0 Å². The van der Waals surface area contributed by atoms with E-state index in [4.69, 9.17) is 0 Å². The van der Waals surface area contributed by atoms with Crippen LogP contribution in [0.2, 0.25) is 3.63 Å². The van der Waals surface area contributed by atoms with Crippen LogP contribution in [0.25, 0.3) is 12.2 Å². The second kappa shape index (κ2) is 5.54. The van der Waals surface area contributed by atoms with Gasteiger partial charge in [0.05, 0.1) is 0 Å². The average molecular weight is 349 g/mol. The van der Waals surface area contributed by atoms with Crippen LogP contribution in [0, 0.1) is 0 Å². The molecule has 0 nitrogen and oxygen atoms in total. The van der Waals surface area contributed by atoms with Crippen molar-refractivity contribution in [3.8, 4) is 0 Å². The standard InChI is InChI=1S/C20H17.Zr/c1-3-7-19-15(5-1)9-11-17(19)13-14-18-12-10-16-6-2-4-8-20(16)18;/h1-13,17-18H,14H2;. The van der Waals surface area contributed by atoms with Gasteiger partial charge in [-0.1, -0.05) is 0 Å². The van der Waals surface area contributed by atoms with E-state index in [9.17, 15) is 0 Å². The molecular weight excluding hydrogens is 331 g/mol. The molecule has 101 valence electrons. The van der Waals surface area contributed by atoms with Gasteiger partial charge in [-0.3, -0.25) is 0 Å². The van der Waals surface area contributed by atoms with Gasteiger partial charge >= 0.3 is 142 Å². The summed E-state index contributed by atoms with van der Waals surface area (Å²) in [7, 11) is 0. The molecule has 0 saturated heterocycles. The molecule has 0 radical (unpaired) electrons. The zero-order valence-corrected chi connectivity index (χ0v) is 14.3. The van der Waals surface area contributed by atoms with Gasteiger partial charge in [0.2, 0.25) is 0 Å². The van der Waals surface area contributed by atoms with Crippen LogP contribution in [0.5, 0.6) is 0 Å². The second-order valence-electron chi connectivity index (χ2n) is 5.95. The Hall–Kier alpha value is -1.20. The van der Waals surface area contributed by atoms with E-state index in [1.54, 1.807) is 24.7 Å². The zero-order valence-electron chi connectivity index (χ0n) is 11.9. The topological polar surface area (TPSA) is 0 Å². The summed E-state index contributed by atoms with van der Waals surface area (Å²) in [5.41, 5.74) is 5.86. The summed E-state index contributed by atoms with van der Waals surface area (Å²) in [6, 6.07) is 17.7. The minimum atomic E-state index is 0.603. The second-order valence-corrected chi connectivity index (χ2v) is 7.77. The van der Waals surface area contributed by atoms with Crippen LogP contribution in [0.4, 0.5) is 0 Å². The molecule has 21 heavy (non-hydrogen) atoms. The van der Waals surface area contributed by atoms with E-state index in [1.807, 2.05) is 0 Å². The van der Waals surface area contributed by atoms with Crippen LogP contribution in [0.3, 0.4) is 0 Å². The van der Waals surface area contributed by atoms with E-state index in [1.165, 1.54) is 28.7 Å². The molecule has 2 aromatic carbocycles. The predicted octanol–water partition coefficient (Wildman–Crippen LogP) is 5.33. The van der Waals surface area contributed by atoms with Crippen LogP contribution >= 0.6 is 0 Å². The first kappa shape index (κ1) is 13.5. The van der Waals surface area contributed by atoms with Crippen LogP contribution in [0.1, 0.15) is 40.5 Å². The molecule has 0 amide bonds. The fourth-order valence-corrected chi connectivity index (χ4v) is 4.92. The van der Waals surface area contributed by atoms with Crippen molar-refractivity contribution in [2.75, 3.05) is 0 Å². The molecule has 0 bridgehead atoms. The van der Waals surface area contributed by atoms with Gasteiger partial charge < -0.3 is 0 Å². The first-order valence-electron chi connectivity index (χ1n) is 7.58. The molecule has 0 N–H and O–H groups in total. The Balaban J connectivity index is 1.55. The third-order valence-electron chi connectivity index (χ3n) is 4.68. The summed E-state index contributed by atoms with van der Waals surface area (Å²) in [5, 5.41) is 0. The van der Waals surface area contributed by atoms with Crippen molar-refractivity contribution in [3.05, 3.63) is 82.9 Å². The molecule has 0 aliphatic heterocycles. The maximum atomic E-state index is 2.41. The third-order valence-corrected chi connectivity index (χ3v) is 6.15. The molecule has 1 heteroatoms. The molecule has 0 saturated carbocycles. The summed E-state index contributed by atoms with van der Waals surface area (Å²) in [6.07, 6.45) is 10.7. The molecule has 2 aliphatic carbocycles. The van der Waals surface area contributed by atoms with Crippen LogP contribution in [-0.2, 0) is 24.7 Å². The van der Waals surface area contributed by atoms with Crippen molar-refractivity contribution < 1.29 is 24.7 Å². The van der Waals surface area contributed by atoms with E-state index in [2.05, 4.69) is 72.8 Å². The Morgan fingerprint density at radius 1 is 0.810 bits per heavy atom. The van der Waals surface area contributed by atoms with E-state index < -0.39 is 0 Å². The third kappa shape index (κ3) is 2.42. The molecule has 2 aliphatic rings. The fourth-order valence-electron chi connectivity index (χ4n) is 3.58. The first-order chi connectivity index (χ1) is 10.3. The number of benzene rings is 2. The molecule has 4 rings (SSSR count). The normalized spacial score (nSPS) is 23.0. The Labute approximate surface area is 141 Å². The van der Waals surface area contributed by atoms with Gasteiger partial charge in [-0.05, 0) is 0 Å². The Morgan fingerprint density at radius 2 is 1.43 bits per heavy atom. The summed E-state index contributed by atoms with van der Waals surface area (Å²) >= 11 is 1.65. The van der Waals surface area contributed by atoms with Gasteiger partial charge in [-0.25, -0.2) is 0 Å². The van der Waals surface area contributed by atoms with E-state index in [-0.39, 0.29) is 0 Å². The number of fused-ring (bicyclic) bond motifs is 2. The molecule has 0 spiro atoms. The van der Waals surface area contributed by atoms with E-state index in [0.29, 0.717) is 11.8 Å². The van der Waals surface area contributed by atoms with Crippen LogP contribution in [-0.4, -0.2) is 0 Å². The Kier molecular flexibility index (Phi) is 3.55. The van der Waals surface area contributed by atoms with E-state index in [0.717, 1.165) is 3.63 Å². The molecular formula is C20H17Zr. The first-order valence-corrected chi connectivity index (χ1v) is 9.00. The molecule has 0 aromatic heterocycles. The maximum absolute atomic E-state index is 2.41. The minimum absolute atomic E-state index is 0.603. The van der Waals surface area contributed by atoms with Gasteiger partial charge in [0, 0.05) is 0 Å². The SMILES string of the molecule is [Zr][CH](CC1C=Cc2ccccc21)C1C=Cc2ccccc21. The summed E-state index contributed by atoms with van der Waals surface area (Å²) in [5.74, 6) is 1.22. The summed E-state index contributed by atoms with van der Waals surface area (Å²) < 4.78 is 0.748.